The molecule has 6 atom stereocenters. The number of nitrogens with one attached hydrogen (secondary N) is 1. The Morgan fingerprint density at radius 1 is 1.56 bits per heavy atom. The molecule has 1 amide bonds. The van der Waals surface area contributed by atoms with Crippen LogP contribution in [0.15, 0.2) is 22.8 Å². The van der Waals surface area contributed by atoms with E-state index in [2.05, 4.69) is 11.9 Å². The van der Waals surface area contributed by atoms with Gasteiger partial charge in [-0.3, -0.25) is 4.79 Å². The van der Waals surface area contributed by atoms with Crippen LogP contribution in [0.25, 0.3) is 0 Å². The molecule has 7 nitrogen and oxygen atoms in total. The van der Waals surface area contributed by atoms with Crippen LogP contribution >= 0.6 is 11.8 Å². The Hall–Kier alpha value is -1.35. The molecule has 25 heavy (non-hydrogen) atoms. The summed E-state index contributed by atoms with van der Waals surface area (Å²) in [4.78, 5) is 26.2. The van der Waals surface area contributed by atoms with Gasteiger partial charge in [0.2, 0.25) is 5.91 Å². The van der Waals surface area contributed by atoms with E-state index in [0.29, 0.717) is 6.54 Å². The van der Waals surface area contributed by atoms with Crippen LogP contribution in [0.2, 0.25) is 0 Å². The molecule has 2 saturated heterocycles. The number of carbonyl (C=O) groups excluding carboxylic acids is 1. The van der Waals surface area contributed by atoms with E-state index in [1.54, 1.807) is 6.92 Å². The lowest BCUT2D eigenvalue weighted by Crippen LogP contribution is -2.63. The number of nitrogens with two attached hydrogens (primary N) is 1. The number of fused-ring (bicyclic) bond motifs is 1. The molecule has 0 bridgehead atoms. The van der Waals surface area contributed by atoms with Gasteiger partial charge in [-0.2, -0.15) is 0 Å². The third-order valence-corrected chi connectivity index (χ3v) is 6.96. The molecule has 0 saturated carbocycles. The second-order valence-electron chi connectivity index (χ2n) is 7.07. The smallest absolute Gasteiger partial charge is 0.353 e. The molecule has 3 aliphatic rings. The average molecular weight is 367 g/mol. The van der Waals surface area contributed by atoms with Crippen molar-refractivity contribution in [2.45, 2.75) is 43.7 Å². The highest BCUT2D eigenvalue weighted by Crippen LogP contribution is 2.51. The Morgan fingerprint density at radius 3 is 2.80 bits per heavy atom. The Morgan fingerprint density at radius 2 is 2.24 bits per heavy atom. The minimum Gasteiger partial charge on any atom is -0.477 e. The fourth-order valence-corrected chi connectivity index (χ4v) is 5.58. The van der Waals surface area contributed by atoms with Crippen LogP contribution in [-0.4, -0.2) is 63.5 Å². The van der Waals surface area contributed by atoms with E-state index < -0.39 is 18.0 Å². The zero-order valence-electron chi connectivity index (χ0n) is 14.4. The van der Waals surface area contributed by atoms with Crippen LogP contribution in [0.5, 0.6) is 0 Å². The fourth-order valence-electron chi connectivity index (χ4n) is 4.10. The van der Waals surface area contributed by atoms with E-state index >= 15 is 0 Å². The first-order valence-electron chi connectivity index (χ1n) is 8.54. The number of hydrogen-bond acceptors (Lipinski definition) is 6. The van der Waals surface area contributed by atoms with E-state index in [9.17, 15) is 19.8 Å². The van der Waals surface area contributed by atoms with Crippen molar-refractivity contribution in [3.05, 3.63) is 22.8 Å². The highest BCUT2D eigenvalue weighted by atomic mass is 32.2. The van der Waals surface area contributed by atoms with Crippen molar-refractivity contribution in [1.82, 2.24) is 10.2 Å². The number of carbonyl (C=O) groups is 2. The van der Waals surface area contributed by atoms with E-state index in [0.717, 1.165) is 23.4 Å². The number of carboxylic acid groups (broad SMARTS) is 1. The maximum atomic E-state index is 12.3. The maximum Gasteiger partial charge on any atom is 0.353 e. The third-order valence-electron chi connectivity index (χ3n) is 5.45. The second-order valence-corrected chi connectivity index (χ2v) is 8.41. The van der Waals surface area contributed by atoms with Crippen LogP contribution in [0, 0.1) is 11.8 Å². The zero-order valence-corrected chi connectivity index (χ0v) is 15.3. The molecule has 2 fully saturated rings. The number of rotatable bonds is 6. The summed E-state index contributed by atoms with van der Waals surface area (Å²) in [5.74, 6) is -1.99. The number of aliphatic carboxylic acids is 1. The highest BCUT2D eigenvalue weighted by Gasteiger charge is 2.60. The molecule has 0 unspecified atom stereocenters. The summed E-state index contributed by atoms with van der Waals surface area (Å²) in [5, 5.41) is 23.1. The molecule has 0 aromatic rings. The van der Waals surface area contributed by atoms with E-state index in [1.807, 2.05) is 6.92 Å². The standard InChI is InChI=1S/C17H25N3O4S/c1-7(5-18)11-4-10(6-19-11)25-15-8(2)13-12(9(3)21)16(22)20(13)14(15)17(23)24/h8-13,19,21H,1,4-6,18H2,2-3H3,(H,23,24)/t8-,9-,10+,11+,12-,13-/m1/s1. The predicted octanol–water partition coefficient (Wildman–Crippen LogP) is 0.119. The average Bonchev–Trinajstić information content (AvgIpc) is 3.10. The summed E-state index contributed by atoms with van der Waals surface area (Å²) in [5.41, 5.74) is 6.68. The molecule has 0 aromatic carbocycles. The Kier molecular flexibility index (Phi) is 4.98. The molecule has 3 heterocycles. The minimum atomic E-state index is -1.08. The first kappa shape index (κ1) is 18.4. The predicted molar refractivity (Wildman–Crippen MR) is 95.6 cm³/mol. The summed E-state index contributed by atoms with van der Waals surface area (Å²) in [6, 6.07) is -0.109. The third kappa shape index (κ3) is 2.91. The van der Waals surface area contributed by atoms with Gasteiger partial charge in [-0.1, -0.05) is 13.5 Å². The van der Waals surface area contributed by atoms with Gasteiger partial charge in [0.25, 0.3) is 0 Å². The molecule has 138 valence electrons. The number of thioether (sulfide) groups is 1. The number of β-lactam (4-membered cyclic amide) rings is 1. The number of hydrogen-bond donors (Lipinski definition) is 4. The van der Waals surface area contributed by atoms with Gasteiger partial charge in [-0.15, -0.1) is 11.8 Å². The van der Waals surface area contributed by atoms with Gasteiger partial charge in [0.15, 0.2) is 0 Å². The summed E-state index contributed by atoms with van der Waals surface area (Å²) >= 11 is 1.53. The molecule has 5 N–H and O–H groups in total. The summed E-state index contributed by atoms with van der Waals surface area (Å²) in [6.45, 7) is 8.67. The summed E-state index contributed by atoms with van der Waals surface area (Å²) in [6.07, 6.45) is 0.0587. The van der Waals surface area contributed by atoms with Crippen molar-refractivity contribution in [2.75, 3.05) is 13.1 Å². The lowest BCUT2D eigenvalue weighted by Gasteiger charge is -2.46. The highest BCUT2D eigenvalue weighted by molar-refractivity contribution is 8.03. The first-order chi connectivity index (χ1) is 11.8. The van der Waals surface area contributed by atoms with Crippen molar-refractivity contribution in [1.29, 1.82) is 0 Å². The summed E-state index contributed by atoms with van der Waals surface area (Å²) in [7, 11) is 0. The van der Waals surface area contributed by atoms with Crippen LogP contribution < -0.4 is 11.1 Å². The Bertz CT molecular complexity index is 648. The van der Waals surface area contributed by atoms with Gasteiger partial charge in [0, 0.05) is 35.2 Å². The lowest BCUT2D eigenvalue weighted by molar-refractivity contribution is -0.163. The number of carboxylic acids is 1. The van der Waals surface area contributed by atoms with Crippen molar-refractivity contribution in [2.24, 2.45) is 17.6 Å². The molecule has 8 heteroatoms. The number of nitrogens with zero attached hydrogens (tertiary/aromatic N) is 1. The van der Waals surface area contributed by atoms with Gasteiger partial charge in [0.05, 0.1) is 18.1 Å². The monoisotopic (exact) mass is 367 g/mol. The van der Waals surface area contributed by atoms with Crippen molar-refractivity contribution < 1.29 is 19.8 Å². The van der Waals surface area contributed by atoms with E-state index in [4.69, 9.17) is 5.73 Å². The molecule has 0 radical (unpaired) electrons. The number of aliphatic hydroxyl groups excluding tert-OH is 1. The van der Waals surface area contributed by atoms with Crippen LogP contribution in [0.1, 0.15) is 20.3 Å². The Balaban J connectivity index is 1.80. The molecular weight excluding hydrogens is 342 g/mol. The second kappa shape index (κ2) is 6.75. The van der Waals surface area contributed by atoms with E-state index in [1.165, 1.54) is 16.7 Å². The van der Waals surface area contributed by atoms with Gasteiger partial charge in [-0.25, -0.2) is 4.79 Å². The molecule has 0 aromatic heterocycles. The van der Waals surface area contributed by atoms with Gasteiger partial charge < -0.3 is 26.2 Å². The number of amides is 1. The van der Waals surface area contributed by atoms with Gasteiger partial charge in [-0.05, 0) is 18.9 Å². The molecule has 3 rings (SSSR count). The van der Waals surface area contributed by atoms with Crippen LogP contribution in [-0.2, 0) is 9.59 Å². The van der Waals surface area contributed by atoms with Gasteiger partial charge in [0.1, 0.15) is 5.70 Å². The molecular formula is C17H25N3O4S. The minimum absolute atomic E-state index is 0.0884. The summed E-state index contributed by atoms with van der Waals surface area (Å²) < 4.78 is 0. The molecule has 3 aliphatic heterocycles. The quantitative estimate of drug-likeness (QED) is 0.389. The topological polar surface area (TPSA) is 116 Å². The first-order valence-corrected chi connectivity index (χ1v) is 9.42. The fraction of sp³-hybridized carbons (Fsp3) is 0.647. The molecule has 0 spiro atoms. The number of aliphatic hydroxyl groups is 1. The maximum absolute atomic E-state index is 12.3. The van der Waals surface area contributed by atoms with Crippen LogP contribution in [0.4, 0.5) is 0 Å². The largest absolute Gasteiger partial charge is 0.477 e. The van der Waals surface area contributed by atoms with Crippen molar-refractivity contribution >= 4 is 23.6 Å². The Labute approximate surface area is 151 Å². The normalized spacial score (nSPS) is 35.6. The van der Waals surface area contributed by atoms with Crippen LogP contribution in [0.3, 0.4) is 0 Å². The zero-order chi connectivity index (χ0) is 18.5. The molecule has 0 aliphatic carbocycles. The van der Waals surface area contributed by atoms with Gasteiger partial charge >= 0.3 is 5.97 Å². The van der Waals surface area contributed by atoms with Crippen molar-refractivity contribution in [3.63, 3.8) is 0 Å². The lowest BCUT2D eigenvalue weighted by atomic mass is 9.79. The van der Waals surface area contributed by atoms with E-state index in [-0.39, 0.29) is 34.9 Å². The SMILES string of the molecule is C=C(CN)[C@@H]1C[C@H](SC2=C(C(=O)O)N3C(=O)[C@H]([C@@H](C)O)[C@H]3[C@H]2C)CN1. The van der Waals surface area contributed by atoms with Crippen molar-refractivity contribution in [3.8, 4) is 0 Å².